The van der Waals surface area contributed by atoms with Gasteiger partial charge in [-0.2, -0.15) is 0 Å². The summed E-state index contributed by atoms with van der Waals surface area (Å²) < 4.78 is 7.54. The second-order valence-electron chi connectivity index (χ2n) is 8.50. The Morgan fingerprint density at radius 1 is 1.14 bits per heavy atom. The van der Waals surface area contributed by atoms with Crippen molar-refractivity contribution in [1.29, 1.82) is 0 Å². The Balaban J connectivity index is 1.22. The number of aromatic nitrogens is 2. The van der Waals surface area contributed by atoms with Gasteiger partial charge in [-0.25, -0.2) is 4.98 Å². The van der Waals surface area contributed by atoms with Crippen LogP contribution in [0.1, 0.15) is 18.4 Å². The minimum atomic E-state index is -0.378. The zero-order valence-corrected chi connectivity index (χ0v) is 19.6. The number of ether oxygens (including phenoxy) is 1. The van der Waals surface area contributed by atoms with Crippen LogP contribution in [-0.4, -0.2) is 47.0 Å². The first-order chi connectivity index (χ1) is 17.0. The van der Waals surface area contributed by atoms with Crippen LogP contribution in [0.3, 0.4) is 0 Å². The van der Waals surface area contributed by atoms with Crippen LogP contribution in [0.2, 0.25) is 0 Å². The van der Waals surface area contributed by atoms with Gasteiger partial charge in [0.25, 0.3) is 5.91 Å². The Bertz CT molecular complexity index is 1160. The molecule has 1 fully saturated rings. The molecule has 1 aliphatic rings. The zero-order valence-electron chi connectivity index (χ0n) is 19.6. The number of para-hydroxylation sites is 1. The standard InChI is InChI=1S/C26H29N5O4/c1-19-5-2-3-6-23(19)29-24(32)17-35-22-9-7-21(8-10-22)31-16-20(15-25(31)33)26(34)28-11-4-13-30-14-12-27-18-30/h2-3,5-10,12,14,18,20H,4,11,13,15-17H2,1H3,(H,28,34)(H,29,32)/t20-/m1/s1. The normalized spacial score (nSPS) is 15.2. The minimum absolute atomic E-state index is 0.0881. The van der Waals surface area contributed by atoms with Crippen molar-refractivity contribution in [3.05, 3.63) is 72.8 Å². The second kappa shape index (κ2) is 11.3. The number of carbonyl (C=O) groups excluding carboxylic acids is 3. The van der Waals surface area contributed by atoms with Crippen LogP contribution in [0.25, 0.3) is 0 Å². The van der Waals surface area contributed by atoms with Crippen molar-refractivity contribution in [2.45, 2.75) is 26.3 Å². The highest BCUT2D eigenvalue weighted by molar-refractivity contribution is 6.00. The van der Waals surface area contributed by atoms with Gasteiger partial charge in [0.05, 0.1) is 12.2 Å². The Morgan fingerprint density at radius 3 is 2.69 bits per heavy atom. The lowest BCUT2D eigenvalue weighted by atomic mass is 10.1. The number of nitrogens with zero attached hydrogens (tertiary/aromatic N) is 3. The Kier molecular flexibility index (Phi) is 7.77. The monoisotopic (exact) mass is 475 g/mol. The van der Waals surface area contributed by atoms with Crippen molar-refractivity contribution in [1.82, 2.24) is 14.9 Å². The first-order valence-corrected chi connectivity index (χ1v) is 11.6. The van der Waals surface area contributed by atoms with Gasteiger partial charge >= 0.3 is 0 Å². The van der Waals surface area contributed by atoms with E-state index in [0.29, 0.717) is 24.5 Å². The van der Waals surface area contributed by atoms with Crippen LogP contribution in [0.4, 0.5) is 11.4 Å². The molecule has 9 nitrogen and oxygen atoms in total. The predicted octanol–water partition coefficient (Wildman–Crippen LogP) is 2.77. The lowest BCUT2D eigenvalue weighted by molar-refractivity contribution is -0.126. The molecule has 3 aromatic rings. The second-order valence-corrected chi connectivity index (χ2v) is 8.50. The van der Waals surface area contributed by atoms with Crippen LogP contribution >= 0.6 is 0 Å². The van der Waals surface area contributed by atoms with Gasteiger partial charge < -0.3 is 24.8 Å². The number of amides is 3. The maximum atomic E-state index is 12.5. The van der Waals surface area contributed by atoms with Gasteiger partial charge in [-0.1, -0.05) is 18.2 Å². The van der Waals surface area contributed by atoms with E-state index in [4.69, 9.17) is 4.74 Å². The maximum Gasteiger partial charge on any atom is 0.262 e. The maximum absolute atomic E-state index is 12.5. The molecule has 1 atom stereocenters. The molecule has 2 N–H and O–H groups in total. The average Bonchev–Trinajstić information content (AvgIpc) is 3.52. The first-order valence-electron chi connectivity index (χ1n) is 11.6. The lowest BCUT2D eigenvalue weighted by Gasteiger charge is -2.17. The fourth-order valence-corrected chi connectivity index (χ4v) is 3.94. The van der Waals surface area contributed by atoms with Crippen molar-refractivity contribution in [3.63, 3.8) is 0 Å². The SMILES string of the molecule is Cc1ccccc1NC(=O)COc1ccc(N2C[C@H](C(=O)NCCCn3ccnc3)CC2=O)cc1. The summed E-state index contributed by atoms with van der Waals surface area (Å²) in [4.78, 5) is 42.8. The summed E-state index contributed by atoms with van der Waals surface area (Å²) in [5, 5.41) is 5.75. The van der Waals surface area contributed by atoms with Crippen molar-refractivity contribution >= 4 is 29.1 Å². The van der Waals surface area contributed by atoms with Crippen LogP contribution < -0.4 is 20.3 Å². The van der Waals surface area contributed by atoms with Gasteiger partial charge in [0.15, 0.2) is 6.61 Å². The highest BCUT2D eigenvalue weighted by atomic mass is 16.5. The van der Waals surface area contributed by atoms with E-state index in [1.165, 1.54) is 0 Å². The molecule has 9 heteroatoms. The van der Waals surface area contributed by atoms with Crippen molar-refractivity contribution < 1.29 is 19.1 Å². The third-order valence-corrected chi connectivity index (χ3v) is 5.88. The van der Waals surface area contributed by atoms with E-state index in [0.717, 1.165) is 24.2 Å². The van der Waals surface area contributed by atoms with E-state index in [1.807, 2.05) is 42.0 Å². The molecule has 4 rings (SSSR count). The first kappa shape index (κ1) is 24.0. The van der Waals surface area contributed by atoms with E-state index < -0.39 is 0 Å². The number of imidazole rings is 1. The molecule has 0 spiro atoms. The third-order valence-electron chi connectivity index (χ3n) is 5.88. The Morgan fingerprint density at radius 2 is 1.94 bits per heavy atom. The number of anilines is 2. The topological polar surface area (TPSA) is 106 Å². The number of benzene rings is 2. The molecule has 0 unspecified atom stereocenters. The molecule has 2 aromatic carbocycles. The molecule has 35 heavy (non-hydrogen) atoms. The summed E-state index contributed by atoms with van der Waals surface area (Å²) in [5.41, 5.74) is 2.42. The molecule has 0 aliphatic carbocycles. The largest absolute Gasteiger partial charge is 0.484 e. The number of hydrogen-bond donors (Lipinski definition) is 2. The summed E-state index contributed by atoms with van der Waals surface area (Å²) >= 11 is 0. The highest BCUT2D eigenvalue weighted by Crippen LogP contribution is 2.27. The van der Waals surface area contributed by atoms with Crippen LogP contribution in [0.5, 0.6) is 5.75 Å². The Hall–Kier alpha value is -4.14. The van der Waals surface area contributed by atoms with E-state index >= 15 is 0 Å². The van der Waals surface area contributed by atoms with E-state index in [-0.39, 0.29) is 36.7 Å². The lowest BCUT2D eigenvalue weighted by Crippen LogP contribution is -2.33. The predicted molar refractivity (Wildman–Crippen MR) is 132 cm³/mol. The summed E-state index contributed by atoms with van der Waals surface area (Å²) in [6.45, 7) is 3.46. The summed E-state index contributed by atoms with van der Waals surface area (Å²) in [6, 6.07) is 14.5. The molecular formula is C26H29N5O4. The molecule has 1 saturated heterocycles. The molecule has 0 bridgehead atoms. The number of carbonyl (C=O) groups is 3. The summed E-state index contributed by atoms with van der Waals surface area (Å²) in [5.74, 6) is -0.303. The smallest absolute Gasteiger partial charge is 0.262 e. The fraction of sp³-hybridized carbons (Fsp3) is 0.308. The van der Waals surface area contributed by atoms with Gasteiger partial charge in [-0.3, -0.25) is 14.4 Å². The van der Waals surface area contributed by atoms with Gasteiger partial charge in [0, 0.05) is 49.8 Å². The summed E-state index contributed by atoms with van der Waals surface area (Å²) in [7, 11) is 0. The molecule has 3 amide bonds. The van der Waals surface area contributed by atoms with Crippen molar-refractivity contribution in [2.75, 3.05) is 29.9 Å². The van der Waals surface area contributed by atoms with Crippen molar-refractivity contribution in [2.24, 2.45) is 5.92 Å². The van der Waals surface area contributed by atoms with Crippen LogP contribution in [-0.2, 0) is 20.9 Å². The highest BCUT2D eigenvalue weighted by Gasteiger charge is 2.34. The number of nitrogens with one attached hydrogen (secondary N) is 2. The number of hydrogen-bond acceptors (Lipinski definition) is 5. The van der Waals surface area contributed by atoms with E-state index in [1.54, 1.807) is 41.7 Å². The Labute approximate surface area is 204 Å². The van der Waals surface area contributed by atoms with E-state index in [2.05, 4.69) is 15.6 Å². The molecule has 0 saturated carbocycles. The van der Waals surface area contributed by atoms with Gasteiger partial charge in [0.2, 0.25) is 11.8 Å². The molecule has 1 aliphatic heterocycles. The number of rotatable bonds is 10. The van der Waals surface area contributed by atoms with Gasteiger partial charge in [0.1, 0.15) is 5.75 Å². The average molecular weight is 476 g/mol. The fourth-order valence-electron chi connectivity index (χ4n) is 3.94. The molecule has 1 aromatic heterocycles. The zero-order chi connectivity index (χ0) is 24.6. The molecular weight excluding hydrogens is 446 g/mol. The van der Waals surface area contributed by atoms with Gasteiger partial charge in [-0.05, 0) is 49.2 Å². The van der Waals surface area contributed by atoms with E-state index in [9.17, 15) is 14.4 Å². The quantitative estimate of drug-likeness (QED) is 0.439. The third kappa shape index (κ3) is 6.47. The van der Waals surface area contributed by atoms with Crippen LogP contribution in [0, 0.1) is 12.8 Å². The van der Waals surface area contributed by atoms with Crippen LogP contribution in [0.15, 0.2) is 67.3 Å². The molecule has 0 radical (unpaired) electrons. The van der Waals surface area contributed by atoms with Crippen molar-refractivity contribution in [3.8, 4) is 5.75 Å². The van der Waals surface area contributed by atoms with Gasteiger partial charge in [-0.15, -0.1) is 0 Å². The molecule has 2 heterocycles. The summed E-state index contributed by atoms with van der Waals surface area (Å²) in [6.07, 6.45) is 6.32. The number of aryl methyl sites for hydroxylation is 2. The molecule has 182 valence electrons. The minimum Gasteiger partial charge on any atom is -0.484 e.